The van der Waals surface area contributed by atoms with Gasteiger partial charge in [0.25, 0.3) is 0 Å². The maximum atomic E-state index is 12.4. The van der Waals surface area contributed by atoms with Gasteiger partial charge < -0.3 is 20.3 Å². The molecule has 144 valence electrons. The Bertz CT molecular complexity index is 1020. The molecule has 1 aliphatic rings. The number of unbranched alkanes of at least 4 members (excludes halogenated alkanes) is 1. The summed E-state index contributed by atoms with van der Waals surface area (Å²) in [6.45, 7) is 3.14. The number of amides is 1. The molecule has 0 radical (unpaired) electrons. The van der Waals surface area contributed by atoms with Crippen molar-refractivity contribution in [3.63, 3.8) is 0 Å². The Kier molecular flexibility index (Phi) is 4.97. The van der Waals surface area contributed by atoms with Crippen molar-refractivity contribution in [3.05, 3.63) is 42.5 Å². The fraction of sp³-hybridized carbons (Fsp3) is 0.286. The molecule has 3 aromatic rings. The Hall–Kier alpha value is -3.35. The summed E-state index contributed by atoms with van der Waals surface area (Å²) >= 11 is 0. The van der Waals surface area contributed by atoms with E-state index in [9.17, 15) is 4.79 Å². The van der Waals surface area contributed by atoms with Gasteiger partial charge in [-0.05, 0) is 30.7 Å². The number of aromatic nitrogens is 2. The van der Waals surface area contributed by atoms with Gasteiger partial charge in [0.2, 0.25) is 11.9 Å². The molecular formula is C21H23N5O2. The van der Waals surface area contributed by atoms with Gasteiger partial charge in [0.1, 0.15) is 18.1 Å². The van der Waals surface area contributed by atoms with Crippen LogP contribution in [0.3, 0.4) is 0 Å². The summed E-state index contributed by atoms with van der Waals surface area (Å²) in [5.41, 5.74) is 2.43. The van der Waals surface area contributed by atoms with Crippen LogP contribution in [-0.4, -0.2) is 36.1 Å². The molecule has 1 aromatic heterocycles. The summed E-state index contributed by atoms with van der Waals surface area (Å²) in [4.78, 5) is 23.7. The Morgan fingerprint density at radius 1 is 1.21 bits per heavy atom. The van der Waals surface area contributed by atoms with E-state index in [-0.39, 0.29) is 12.5 Å². The average Bonchev–Trinajstić information content (AvgIpc) is 2.72. The van der Waals surface area contributed by atoms with E-state index in [4.69, 9.17) is 9.72 Å². The Balaban J connectivity index is 1.83. The van der Waals surface area contributed by atoms with Gasteiger partial charge in [0.15, 0.2) is 0 Å². The van der Waals surface area contributed by atoms with E-state index in [1.807, 2.05) is 47.4 Å². The number of fused-ring (bicyclic) bond motifs is 2. The number of rotatable bonds is 6. The second-order valence-corrected chi connectivity index (χ2v) is 6.69. The Morgan fingerprint density at radius 2 is 2.07 bits per heavy atom. The average molecular weight is 377 g/mol. The highest BCUT2D eigenvalue weighted by molar-refractivity contribution is 6.05. The van der Waals surface area contributed by atoms with Gasteiger partial charge >= 0.3 is 0 Å². The molecule has 0 unspecified atom stereocenters. The number of anilines is 4. The molecule has 2 aromatic carbocycles. The summed E-state index contributed by atoms with van der Waals surface area (Å²) in [7, 11) is 1.61. The Labute approximate surface area is 163 Å². The van der Waals surface area contributed by atoms with Gasteiger partial charge in [0.05, 0.1) is 24.0 Å². The minimum absolute atomic E-state index is 0.0936. The molecule has 1 amide bonds. The number of methoxy groups -OCH3 is 1. The SMILES string of the molecule is CCCCNc1nc(N2CC(=O)Nc3cc(OC)ccc32)c2ccccc2n1. The van der Waals surface area contributed by atoms with Crippen molar-refractivity contribution in [3.8, 4) is 5.75 Å². The molecule has 0 atom stereocenters. The van der Waals surface area contributed by atoms with Crippen molar-refractivity contribution in [2.75, 3.05) is 35.7 Å². The molecule has 7 heteroatoms. The van der Waals surface area contributed by atoms with E-state index in [1.54, 1.807) is 7.11 Å². The first-order valence-electron chi connectivity index (χ1n) is 9.45. The number of nitrogens with one attached hydrogen (secondary N) is 2. The number of carbonyl (C=O) groups is 1. The third kappa shape index (κ3) is 3.43. The summed E-state index contributed by atoms with van der Waals surface area (Å²) in [6, 6.07) is 13.5. The number of benzene rings is 2. The van der Waals surface area contributed by atoms with Crippen molar-refractivity contribution in [2.45, 2.75) is 19.8 Å². The molecule has 0 bridgehead atoms. The van der Waals surface area contributed by atoms with Crippen molar-refractivity contribution < 1.29 is 9.53 Å². The monoisotopic (exact) mass is 377 g/mol. The second kappa shape index (κ2) is 7.72. The highest BCUT2D eigenvalue weighted by atomic mass is 16.5. The van der Waals surface area contributed by atoms with Crippen molar-refractivity contribution >= 4 is 40.0 Å². The first-order chi connectivity index (χ1) is 13.7. The number of hydrogen-bond donors (Lipinski definition) is 2. The normalized spacial score (nSPS) is 13.2. The van der Waals surface area contributed by atoms with Crippen LogP contribution < -0.4 is 20.3 Å². The third-order valence-electron chi connectivity index (χ3n) is 4.72. The zero-order valence-electron chi connectivity index (χ0n) is 16.0. The van der Waals surface area contributed by atoms with E-state index < -0.39 is 0 Å². The van der Waals surface area contributed by atoms with Crippen molar-refractivity contribution in [1.82, 2.24) is 9.97 Å². The lowest BCUT2D eigenvalue weighted by Gasteiger charge is -2.31. The number of ether oxygens (including phenoxy) is 1. The van der Waals surface area contributed by atoms with E-state index in [2.05, 4.69) is 22.5 Å². The molecular weight excluding hydrogens is 354 g/mol. The minimum atomic E-state index is -0.0936. The standard InChI is InChI=1S/C21H23N5O2/c1-3-4-11-22-21-24-16-8-6-5-7-15(16)20(25-21)26-13-19(27)23-17-12-14(28-2)9-10-18(17)26/h5-10,12H,3-4,11,13H2,1-2H3,(H,23,27)(H,22,24,25). The third-order valence-corrected chi connectivity index (χ3v) is 4.72. The van der Waals surface area contributed by atoms with Crippen molar-refractivity contribution in [1.29, 1.82) is 0 Å². The smallest absolute Gasteiger partial charge is 0.244 e. The van der Waals surface area contributed by atoms with Crippen molar-refractivity contribution in [2.24, 2.45) is 0 Å². The van der Waals surface area contributed by atoms with Crippen LogP contribution in [0.15, 0.2) is 42.5 Å². The van der Waals surface area contributed by atoms with E-state index in [1.165, 1.54) is 0 Å². The maximum absolute atomic E-state index is 12.4. The van der Waals surface area contributed by atoms with Crippen LogP contribution >= 0.6 is 0 Å². The fourth-order valence-corrected chi connectivity index (χ4v) is 3.31. The van der Waals surface area contributed by atoms with Gasteiger partial charge in [-0.1, -0.05) is 25.5 Å². The second-order valence-electron chi connectivity index (χ2n) is 6.69. The summed E-state index contributed by atoms with van der Waals surface area (Å²) in [5, 5.41) is 7.12. The molecule has 0 saturated carbocycles. The van der Waals surface area contributed by atoms with Gasteiger partial charge in [-0.25, -0.2) is 4.98 Å². The molecule has 28 heavy (non-hydrogen) atoms. The molecule has 2 heterocycles. The molecule has 0 aliphatic carbocycles. The molecule has 0 fully saturated rings. The predicted molar refractivity (Wildman–Crippen MR) is 112 cm³/mol. The number of nitrogens with zero attached hydrogens (tertiary/aromatic N) is 3. The molecule has 2 N–H and O–H groups in total. The fourth-order valence-electron chi connectivity index (χ4n) is 3.31. The van der Waals surface area contributed by atoms with Crippen LogP contribution in [0.1, 0.15) is 19.8 Å². The number of hydrogen-bond acceptors (Lipinski definition) is 6. The number of carbonyl (C=O) groups excluding carboxylic acids is 1. The minimum Gasteiger partial charge on any atom is -0.497 e. The van der Waals surface area contributed by atoms with Crippen LogP contribution in [-0.2, 0) is 4.79 Å². The van der Waals surface area contributed by atoms with Crippen LogP contribution in [0.25, 0.3) is 10.9 Å². The quantitative estimate of drug-likeness (QED) is 0.634. The lowest BCUT2D eigenvalue weighted by Crippen LogP contribution is -2.35. The molecule has 1 aliphatic heterocycles. The van der Waals surface area contributed by atoms with Gasteiger partial charge in [0, 0.05) is 18.0 Å². The maximum Gasteiger partial charge on any atom is 0.244 e. The zero-order chi connectivity index (χ0) is 19.5. The summed E-state index contributed by atoms with van der Waals surface area (Å²) in [6.07, 6.45) is 2.13. The highest BCUT2D eigenvalue weighted by Gasteiger charge is 2.26. The lowest BCUT2D eigenvalue weighted by molar-refractivity contribution is -0.115. The zero-order valence-corrected chi connectivity index (χ0v) is 16.0. The van der Waals surface area contributed by atoms with E-state index in [0.29, 0.717) is 23.2 Å². The molecule has 7 nitrogen and oxygen atoms in total. The summed E-state index contributed by atoms with van der Waals surface area (Å²) < 4.78 is 5.30. The molecule has 0 spiro atoms. The molecule has 4 rings (SSSR count). The van der Waals surface area contributed by atoms with Gasteiger partial charge in [-0.2, -0.15) is 4.98 Å². The summed E-state index contributed by atoms with van der Waals surface area (Å²) in [5.74, 6) is 1.88. The van der Waals surface area contributed by atoms with Gasteiger partial charge in [-0.3, -0.25) is 4.79 Å². The largest absolute Gasteiger partial charge is 0.497 e. The van der Waals surface area contributed by atoms with Crippen LogP contribution in [0.2, 0.25) is 0 Å². The number of para-hydroxylation sites is 1. The van der Waals surface area contributed by atoms with Gasteiger partial charge in [-0.15, -0.1) is 0 Å². The highest BCUT2D eigenvalue weighted by Crippen LogP contribution is 2.39. The Morgan fingerprint density at radius 3 is 2.89 bits per heavy atom. The van der Waals surface area contributed by atoms with Crippen LogP contribution in [0, 0.1) is 0 Å². The van der Waals surface area contributed by atoms with Crippen LogP contribution in [0.4, 0.5) is 23.1 Å². The first-order valence-corrected chi connectivity index (χ1v) is 9.45. The lowest BCUT2D eigenvalue weighted by atomic mass is 10.1. The van der Waals surface area contributed by atoms with E-state index >= 15 is 0 Å². The van der Waals surface area contributed by atoms with Crippen LogP contribution in [0.5, 0.6) is 5.75 Å². The first kappa shape index (κ1) is 18.0. The van der Waals surface area contributed by atoms with E-state index in [0.717, 1.165) is 36.0 Å². The molecule has 0 saturated heterocycles. The topological polar surface area (TPSA) is 79.4 Å². The predicted octanol–water partition coefficient (Wildman–Crippen LogP) is 3.94.